The minimum atomic E-state index is -0.409. The lowest BCUT2D eigenvalue weighted by molar-refractivity contribution is 0.0970. The monoisotopic (exact) mass is 539 g/mol. The fourth-order valence-electron chi connectivity index (χ4n) is 3.32. The number of halogens is 1. The molecule has 2 N–H and O–H groups in total. The maximum atomic E-state index is 13.3. The summed E-state index contributed by atoms with van der Waals surface area (Å²) in [7, 11) is 0. The van der Waals surface area contributed by atoms with E-state index < -0.39 is 5.91 Å². The van der Waals surface area contributed by atoms with Crippen LogP contribution in [0.25, 0.3) is 0 Å². The number of thiocarbonyl (C=S) groups is 1. The lowest BCUT2D eigenvalue weighted by Gasteiger charge is -2.23. The molecule has 0 saturated heterocycles. The van der Waals surface area contributed by atoms with Crippen molar-refractivity contribution in [2.24, 2.45) is 0 Å². The topological polar surface area (TPSA) is 70.7 Å². The van der Waals surface area contributed by atoms with Crippen molar-refractivity contribution in [3.8, 4) is 5.75 Å². The molecular formula is C26H26BrN3O3S. The highest BCUT2D eigenvalue weighted by atomic mass is 79.9. The standard InChI is InChI=1S/C26H26BrN3O3S/c1-3-16-33-23-15-14-18(27)17-21(23)24(31)29-26(34)28-22-13-9-8-12-20(22)25(32)30(4-2)19-10-6-5-7-11-19/h5-15,17H,3-4,16H2,1-2H3,(H2,28,29,31,34). The van der Waals surface area contributed by atoms with Crippen LogP contribution in [-0.4, -0.2) is 30.1 Å². The molecule has 0 spiro atoms. The highest BCUT2D eigenvalue weighted by molar-refractivity contribution is 9.10. The Balaban J connectivity index is 1.77. The molecule has 0 heterocycles. The van der Waals surface area contributed by atoms with Crippen molar-refractivity contribution in [2.45, 2.75) is 20.3 Å². The second-order valence-corrected chi connectivity index (χ2v) is 8.65. The molecule has 0 saturated carbocycles. The van der Waals surface area contributed by atoms with Crippen molar-refractivity contribution >= 4 is 56.4 Å². The van der Waals surface area contributed by atoms with Crippen LogP contribution in [0.15, 0.2) is 77.3 Å². The molecular weight excluding hydrogens is 514 g/mol. The van der Waals surface area contributed by atoms with E-state index >= 15 is 0 Å². The number of anilines is 2. The van der Waals surface area contributed by atoms with Crippen molar-refractivity contribution in [3.05, 3.63) is 88.4 Å². The third-order valence-electron chi connectivity index (χ3n) is 4.91. The van der Waals surface area contributed by atoms with E-state index in [0.717, 1.165) is 16.6 Å². The van der Waals surface area contributed by atoms with Crippen molar-refractivity contribution in [1.82, 2.24) is 5.32 Å². The normalized spacial score (nSPS) is 10.3. The number of para-hydroxylation sites is 2. The maximum Gasteiger partial charge on any atom is 0.261 e. The van der Waals surface area contributed by atoms with Gasteiger partial charge in [-0.25, -0.2) is 0 Å². The number of benzene rings is 3. The van der Waals surface area contributed by atoms with Gasteiger partial charge >= 0.3 is 0 Å². The van der Waals surface area contributed by atoms with Gasteiger partial charge in [-0.1, -0.05) is 53.2 Å². The molecule has 0 atom stereocenters. The van der Waals surface area contributed by atoms with E-state index in [1.807, 2.05) is 50.2 Å². The molecule has 176 valence electrons. The minimum Gasteiger partial charge on any atom is -0.493 e. The molecule has 0 aromatic heterocycles. The molecule has 0 radical (unpaired) electrons. The Kier molecular flexibility index (Phi) is 9.18. The zero-order valence-electron chi connectivity index (χ0n) is 19.0. The fraction of sp³-hybridized carbons (Fsp3) is 0.192. The van der Waals surface area contributed by atoms with Crippen LogP contribution in [0.1, 0.15) is 41.0 Å². The summed E-state index contributed by atoms with van der Waals surface area (Å²) in [5.74, 6) is -0.108. The molecule has 0 bridgehead atoms. The highest BCUT2D eigenvalue weighted by Crippen LogP contribution is 2.24. The summed E-state index contributed by atoms with van der Waals surface area (Å²) in [6.07, 6.45) is 0.819. The summed E-state index contributed by atoms with van der Waals surface area (Å²) < 4.78 is 6.45. The van der Waals surface area contributed by atoms with Crippen molar-refractivity contribution < 1.29 is 14.3 Å². The molecule has 3 aromatic rings. The molecule has 2 amide bonds. The van der Waals surface area contributed by atoms with Gasteiger partial charge in [0.2, 0.25) is 0 Å². The van der Waals surface area contributed by atoms with Crippen LogP contribution in [0.5, 0.6) is 5.75 Å². The first-order valence-corrected chi connectivity index (χ1v) is 12.1. The number of hydrogen-bond acceptors (Lipinski definition) is 4. The van der Waals surface area contributed by atoms with E-state index in [0.29, 0.717) is 35.7 Å². The minimum absolute atomic E-state index is 0.0782. The lowest BCUT2D eigenvalue weighted by Crippen LogP contribution is -2.36. The summed E-state index contributed by atoms with van der Waals surface area (Å²) in [5, 5.41) is 5.76. The number of amides is 2. The van der Waals surface area contributed by atoms with Crippen LogP contribution < -0.4 is 20.3 Å². The van der Waals surface area contributed by atoms with E-state index in [9.17, 15) is 9.59 Å². The molecule has 3 rings (SSSR count). The number of nitrogens with zero attached hydrogens (tertiary/aromatic N) is 1. The largest absolute Gasteiger partial charge is 0.493 e. The number of rotatable bonds is 8. The second-order valence-electron chi connectivity index (χ2n) is 7.33. The van der Waals surface area contributed by atoms with Gasteiger partial charge in [0.25, 0.3) is 11.8 Å². The van der Waals surface area contributed by atoms with Gasteiger partial charge in [0.05, 0.1) is 23.4 Å². The fourth-order valence-corrected chi connectivity index (χ4v) is 3.88. The SMILES string of the molecule is CCCOc1ccc(Br)cc1C(=O)NC(=S)Nc1ccccc1C(=O)N(CC)c1ccccc1. The molecule has 0 fully saturated rings. The van der Waals surface area contributed by atoms with Gasteiger partial charge in [-0.05, 0) is 68.0 Å². The van der Waals surface area contributed by atoms with Gasteiger partial charge in [0, 0.05) is 16.7 Å². The van der Waals surface area contributed by atoms with Crippen molar-refractivity contribution in [3.63, 3.8) is 0 Å². The quantitative estimate of drug-likeness (QED) is 0.342. The summed E-state index contributed by atoms with van der Waals surface area (Å²) in [6, 6.07) is 21.8. The Hall–Kier alpha value is -3.23. The summed E-state index contributed by atoms with van der Waals surface area (Å²) in [6.45, 7) is 4.91. The van der Waals surface area contributed by atoms with E-state index in [4.69, 9.17) is 17.0 Å². The Morgan fingerprint density at radius 2 is 1.68 bits per heavy atom. The number of hydrogen-bond donors (Lipinski definition) is 2. The predicted molar refractivity (Wildman–Crippen MR) is 144 cm³/mol. The first-order chi connectivity index (χ1) is 16.4. The molecule has 0 unspecified atom stereocenters. The van der Waals surface area contributed by atoms with Crippen LogP contribution in [0.4, 0.5) is 11.4 Å². The predicted octanol–water partition coefficient (Wildman–Crippen LogP) is 6.03. The first kappa shape index (κ1) is 25.4. The Labute approximate surface area is 213 Å². The van der Waals surface area contributed by atoms with Gasteiger partial charge in [0.15, 0.2) is 5.11 Å². The first-order valence-electron chi connectivity index (χ1n) is 10.9. The van der Waals surface area contributed by atoms with Crippen molar-refractivity contribution in [2.75, 3.05) is 23.4 Å². The van der Waals surface area contributed by atoms with E-state index in [2.05, 4.69) is 26.6 Å². The number of carbonyl (C=O) groups excluding carboxylic acids is 2. The van der Waals surface area contributed by atoms with Gasteiger partial charge < -0.3 is 15.0 Å². The average molecular weight is 540 g/mol. The third-order valence-corrected chi connectivity index (χ3v) is 5.61. The van der Waals surface area contributed by atoms with Crippen LogP contribution >= 0.6 is 28.1 Å². The zero-order valence-corrected chi connectivity index (χ0v) is 21.4. The van der Waals surface area contributed by atoms with Crippen LogP contribution in [0.3, 0.4) is 0 Å². The number of carbonyl (C=O) groups is 2. The molecule has 0 aliphatic heterocycles. The summed E-state index contributed by atoms with van der Waals surface area (Å²) >= 11 is 8.78. The maximum absolute atomic E-state index is 13.3. The van der Waals surface area contributed by atoms with E-state index in [1.165, 1.54) is 0 Å². The van der Waals surface area contributed by atoms with Crippen molar-refractivity contribution in [1.29, 1.82) is 0 Å². The Morgan fingerprint density at radius 3 is 2.38 bits per heavy atom. The van der Waals surface area contributed by atoms with Gasteiger partial charge in [-0.2, -0.15) is 0 Å². The van der Waals surface area contributed by atoms with E-state index in [1.54, 1.807) is 41.3 Å². The lowest BCUT2D eigenvalue weighted by atomic mass is 10.1. The van der Waals surface area contributed by atoms with Crippen LogP contribution in [0, 0.1) is 0 Å². The van der Waals surface area contributed by atoms with Crippen LogP contribution in [-0.2, 0) is 0 Å². The highest BCUT2D eigenvalue weighted by Gasteiger charge is 2.20. The smallest absolute Gasteiger partial charge is 0.261 e. The van der Waals surface area contributed by atoms with Crippen LogP contribution in [0.2, 0.25) is 0 Å². The molecule has 34 heavy (non-hydrogen) atoms. The molecule has 8 heteroatoms. The molecule has 0 aliphatic carbocycles. The number of nitrogens with one attached hydrogen (secondary N) is 2. The average Bonchev–Trinajstić information content (AvgIpc) is 2.84. The van der Waals surface area contributed by atoms with Gasteiger partial charge in [-0.15, -0.1) is 0 Å². The molecule has 3 aromatic carbocycles. The number of ether oxygens (including phenoxy) is 1. The van der Waals surface area contributed by atoms with Gasteiger partial charge in [-0.3, -0.25) is 14.9 Å². The zero-order chi connectivity index (χ0) is 24.5. The summed E-state index contributed by atoms with van der Waals surface area (Å²) in [4.78, 5) is 27.9. The third kappa shape index (κ3) is 6.42. The summed E-state index contributed by atoms with van der Waals surface area (Å²) in [5.41, 5.74) is 2.11. The van der Waals surface area contributed by atoms with E-state index in [-0.39, 0.29) is 11.0 Å². The Bertz CT molecular complexity index is 1170. The second kappa shape index (κ2) is 12.3. The molecule has 0 aliphatic rings. The van der Waals surface area contributed by atoms with Gasteiger partial charge in [0.1, 0.15) is 5.75 Å². The Morgan fingerprint density at radius 1 is 0.971 bits per heavy atom. The molecule has 6 nitrogen and oxygen atoms in total.